The molecule has 0 aliphatic heterocycles. The molecule has 1 heterocycles. The van der Waals surface area contributed by atoms with Crippen molar-refractivity contribution < 1.29 is 9.18 Å². The molecule has 0 fully saturated rings. The quantitative estimate of drug-likeness (QED) is 0.209. The molecule has 1 aromatic heterocycles. The molecule has 0 atom stereocenters. The van der Waals surface area contributed by atoms with Crippen LogP contribution < -0.4 is 5.43 Å². The van der Waals surface area contributed by atoms with E-state index >= 15 is 0 Å². The van der Waals surface area contributed by atoms with Gasteiger partial charge < -0.3 is 0 Å². The lowest BCUT2D eigenvalue weighted by Crippen LogP contribution is -2.20. The minimum atomic E-state index is -0.361. The second kappa shape index (κ2) is 10.7. The lowest BCUT2D eigenvalue weighted by Gasteiger charge is -2.19. The summed E-state index contributed by atoms with van der Waals surface area (Å²) < 4.78 is 15.2. The average Bonchev–Trinajstić information content (AvgIpc) is 3.27. The maximum absolute atomic E-state index is 13.3. The summed E-state index contributed by atoms with van der Waals surface area (Å²) in [6, 6.07) is 24.1. The number of carbonyl (C=O) groups excluding carboxylic acids is 1. The van der Waals surface area contributed by atoms with Crippen LogP contribution >= 0.6 is 11.8 Å². The van der Waals surface area contributed by atoms with E-state index in [2.05, 4.69) is 53.6 Å². The molecule has 4 aromatic rings. The van der Waals surface area contributed by atoms with Gasteiger partial charge in [-0.25, -0.2) is 9.82 Å². The molecular weight excluding hydrogens is 461 g/mol. The number of nitrogens with zero attached hydrogens (tertiary/aromatic N) is 4. The Morgan fingerprint density at radius 3 is 2.46 bits per heavy atom. The molecular formula is C27H26FN5OS. The van der Waals surface area contributed by atoms with Gasteiger partial charge in [-0.3, -0.25) is 9.36 Å². The minimum absolute atomic E-state index is 0.0527. The summed E-state index contributed by atoms with van der Waals surface area (Å²) in [6.07, 6.45) is 1.40. The number of halogens is 1. The summed E-state index contributed by atoms with van der Waals surface area (Å²) in [6.45, 7) is 6.53. The largest absolute Gasteiger partial charge is 0.272 e. The van der Waals surface area contributed by atoms with Gasteiger partial charge in [-0.05, 0) is 40.8 Å². The fourth-order valence-electron chi connectivity index (χ4n) is 3.41. The predicted octanol–water partition coefficient (Wildman–Crippen LogP) is 5.61. The summed E-state index contributed by atoms with van der Waals surface area (Å²) in [5.74, 6) is 0.124. The monoisotopic (exact) mass is 487 g/mol. The van der Waals surface area contributed by atoms with Crippen LogP contribution in [-0.4, -0.2) is 32.6 Å². The molecule has 0 unspecified atom stereocenters. The van der Waals surface area contributed by atoms with Crippen molar-refractivity contribution in [2.75, 3.05) is 5.75 Å². The van der Waals surface area contributed by atoms with Crippen LogP contribution in [0.5, 0.6) is 0 Å². The van der Waals surface area contributed by atoms with Gasteiger partial charge in [0.15, 0.2) is 11.0 Å². The first-order valence-corrected chi connectivity index (χ1v) is 12.1. The molecule has 0 aliphatic carbocycles. The van der Waals surface area contributed by atoms with Crippen LogP contribution in [0.15, 0.2) is 89.1 Å². The smallest absolute Gasteiger partial charge is 0.250 e. The Hall–Kier alpha value is -3.78. The van der Waals surface area contributed by atoms with Crippen LogP contribution in [-0.2, 0) is 10.2 Å². The van der Waals surface area contributed by atoms with Crippen LogP contribution in [0, 0.1) is 5.82 Å². The zero-order valence-corrected chi connectivity index (χ0v) is 20.6. The fourth-order valence-corrected chi connectivity index (χ4v) is 4.15. The van der Waals surface area contributed by atoms with Gasteiger partial charge in [-0.2, -0.15) is 5.10 Å². The van der Waals surface area contributed by atoms with Crippen molar-refractivity contribution in [2.45, 2.75) is 31.3 Å². The second-order valence-corrected chi connectivity index (χ2v) is 9.88. The van der Waals surface area contributed by atoms with Crippen LogP contribution in [0.1, 0.15) is 31.9 Å². The third kappa shape index (κ3) is 6.22. The van der Waals surface area contributed by atoms with Crippen LogP contribution in [0.4, 0.5) is 4.39 Å². The van der Waals surface area contributed by atoms with Gasteiger partial charge in [0.2, 0.25) is 0 Å². The van der Waals surface area contributed by atoms with Crippen molar-refractivity contribution >= 4 is 23.9 Å². The second-order valence-electron chi connectivity index (χ2n) is 8.94. The molecule has 0 saturated heterocycles. The van der Waals surface area contributed by atoms with Crippen LogP contribution in [0.3, 0.4) is 0 Å². The number of para-hydroxylation sites is 1. The van der Waals surface area contributed by atoms with E-state index in [1.807, 2.05) is 47.0 Å². The third-order valence-corrected chi connectivity index (χ3v) is 6.17. The molecule has 3 aromatic carbocycles. The first kappa shape index (κ1) is 24.3. The molecule has 1 N–H and O–H groups in total. The van der Waals surface area contributed by atoms with Gasteiger partial charge in [-0.15, -0.1) is 10.2 Å². The lowest BCUT2D eigenvalue weighted by molar-refractivity contribution is -0.118. The van der Waals surface area contributed by atoms with Crippen molar-refractivity contribution in [3.63, 3.8) is 0 Å². The van der Waals surface area contributed by atoms with Crippen LogP contribution in [0.2, 0.25) is 0 Å². The molecule has 178 valence electrons. The summed E-state index contributed by atoms with van der Waals surface area (Å²) in [5, 5.41) is 13.3. The maximum Gasteiger partial charge on any atom is 0.250 e. The van der Waals surface area contributed by atoms with Gasteiger partial charge in [0.05, 0.1) is 12.0 Å². The van der Waals surface area contributed by atoms with Crippen molar-refractivity contribution in [1.82, 2.24) is 20.2 Å². The number of carbonyl (C=O) groups is 1. The van der Waals surface area contributed by atoms with E-state index in [9.17, 15) is 9.18 Å². The van der Waals surface area contributed by atoms with Gasteiger partial charge in [0, 0.05) is 11.3 Å². The Kier molecular flexibility index (Phi) is 7.41. The number of hydrazone groups is 1. The molecule has 1 amide bonds. The number of thioether (sulfide) groups is 1. The standard InChI is InChI=1S/C27H26FN5OS/c1-27(2,3)21-14-12-20(13-15-21)25-31-32-26(33(25)23-10-5-4-6-11-23)35-18-24(34)30-29-17-19-8-7-9-22(28)16-19/h4-17H,18H2,1-3H3,(H,30,34)/b29-17+. The Morgan fingerprint density at radius 1 is 1.03 bits per heavy atom. The molecule has 8 heteroatoms. The lowest BCUT2D eigenvalue weighted by atomic mass is 9.87. The van der Waals surface area contributed by atoms with E-state index < -0.39 is 0 Å². The van der Waals surface area contributed by atoms with Gasteiger partial charge in [0.25, 0.3) is 5.91 Å². The Morgan fingerprint density at radius 2 is 1.77 bits per heavy atom. The number of hydrogen-bond donors (Lipinski definition) is 1. The zero-order chi connectivity index (χ0) is 24.8. The molecule has 35 heavy (non-hydrogen) atoms. The minimum Gasteiger partial charge on any atom is -0.272 e. The van der Waals surface area contributed by atoms with Crippen molar-refractivity contribution in [1.29, 1.82) is 0 Å². The third-order valence-electron chi connectivity index (χ3n) is 5.24. The van der Waals surface area contributed by atoms with Crippen molar-refractivity contribution in [2.24, 2.45) is 5.10 Å². The Balaban J connectivity index is 1.52. The highest BCUT2D eigenvalue weighted by molar-refractivity contribution is 7.99. The molecule has 0 aliphatic rings. The van der Waals surface area contributed by atoms with Crippen molar-refractivity contribution in [3.8, 4) is 17.1 Å². The molecule has 0 radical (unpaired) electrons. The van der Waals surface area contributed by atoms with E-state index in [1.165, 1.54) is 35.7 Å². The first-order valence-electron chi connectivity index (χ1n) is 11.1. The Labute approximate surface area is 208 Å². The summed E-state index contributed by atoms with van der Waals surface area (Å²) in [4.78, 5) is 12.4. The summed E-state index contributed by atoms with van der Waals surface area (Å²) in [5.41, 5.74) is 6.15. The number of aromatic nitrogens is 3. The molecule has 4 rings (SSSR count). The maximum atomic E-state index is 13.3. The van der Waals surface area contributed by atoms with E-state index in [1.54, 1.807) is 12.1 Å². The highest BCUT2D eigenvalue weighted by atomic mass is 32.2. The highest BCUT2D eigenvalue weighted by Crippen LogP contribution is 2.30. The van der Waals surface area contributed by atoms with Crippen molar-refractivity contribution in [3.05, 3.63) is 95.8 Å². The number of amides is 1. The summed E-state index contributed by atoms with van der Waals surface area (Å²) >= 11 is 1.27. The summed E-state index contributed by atoms with van der Waals surface area (Å²) in [7, 11) is 0. The number of rotatable bonds is 7. The van der Waals surface area contributed by atoms with E-state index in [0.29, 0.717) is 16.5 Å². The first-order chi connectivity index (χ1) is 16.8. The van der Waals surface area contributed by atoms with Gasteiger partial charge >= 0.3 is 0 Å². The molecule has 6 nitrogen and oxygen atoms in total. The topological polar surface area (TPSA) is 72.2 Å². The molecule has 0 bridgehead atoms. The van der Waals surface area contributed by atoms with Gasteiger partial charge in [0.1, 0.15) is 5.82 Å². The molecule has 0 spiro atoms. The molecule has 0 saturated carbocycles. The SMILES string of the molecule is CC(C)(C)c1ccc(-c2nnc(SCC(=O)N/N=C/c3cccc(F)c3)n2-c2ccccc2)cc1. The fraction of sp³-hybridized carbons (Fsp3) is 0.185. The zero-order valence-electron chi connectivity index (χ0n) is 19.8. The predicted molar refractivity (Wildman–Crippen MR) is 138 cm³/mol. The number of nitrogens with one attached hydrogen (secondary N) is 1. The highest BCUT2D eigenvalue weighted by Gasteiger charge is 2.19. The number of benzene rings is 3. The van der Waals surface area contributed by atoms with E-state index in [4.69, 9.17) is 0 Å². The van der Waals surface area contributed by atoms with E-state index in [0.717, 1.165) is 11.3 Å². The van der Waals surface area contributed by atoms with E-state index in [-0.39, 0.29) is 22.9 Å². The normalized spacial score (nSPS) is 11.7. The average molecular weight is 488 g/mol. The van der Waals surface area contributed by atoms with Gasteiger partial charge in [-0.1, -0.05) is 87.1 Å². The van der Waals surface area contributed by atoms with Crippen LogP contribution in [0.25, 0.3) is 17.1 Å². The Bertz CT molecular complexity index is 1330. The number of hydrogen-bond acceptors (Lipinski definition) is 5.